The van der Waals surface area contributed by atoms with Gasteiger partial charge in [-0.3, -0.25) is 4.79 Å². The summed E-state index contributed by atoms with van der Waals surface area (Å²) in [5, 5.41) is 2.85. The summed E-state index contributed by atoms with van der Waals surface area (Å²) in [7, 11) is 0. The van der Waals surface area contributed by atoms with E-state index in [1.807, 2.05) is 13.8 Å². The van der Waals surface area contributed by atoms with Gasteiger partial charge >= 0.3 is 0 Å². The van der Waals surface area contributed by atoms with Crippen LogP contribution in [-0.4, -0.2) is 18.0 Å². The third-order valence-electron chi connectivity index (χ3n) is 2.54. The zero-order valence-electron chi connectivity index (χ0n) is 10.5. The summed E-state index contributed by atoms with van der Waals surface area (Å²) in [6.45, 7) is 5.51. The van der Waals surface area contributed by atoms with Crippen LogP contribution in [0.1, 0.15) is 36.2 Å². The first-order chi connectivity index (χ1) is 7.90. The largest absolute Gasteiger partial charge is 0.350 e. The van der Waals surface area contributed by atoms with Crippen LogP contribution in [0.4, 0.5) is 4.39 Å². The van der Waals surface area contributed by atoms with Crippen molar-refractivity contribution in [2.24, 2.45) is 5.73 Å². The number of amides is 1. The first-order valence-corrected chi connectivity index (χ1v) is 5.72. The minimum absolute atomic E-state index is 0.00644. The van der Waals surface area contributed by atoms with Crippen LogP contribution in [0.5, 0.6) is 0 Å². The van der Waals surface area contributed by atoms with Crippen LogP contribution in [0.25, 0.3) is 0 Å². The highest BCUT2D eigenvalue weighted by atomic mass is 19.1. The second-order valence-electron chi connectivity index (χ2n) is 4.55. The third-order valence-corrected chi connectivity index (χ3v) is 2.54. The standard InChI is InChI=1S/C13H19FN2O/c1-8-6-11(14)4-5-12(8)13(17)16-10(3)7-9(2)15/h4-6,9-10H,7,15H2,1-3H3,(H,16,17). The molecule has 0 aliphatic rings. The van der Waals surface area contributed by atoms with Crippen molar-refractivity contribution in [3.8, 4) is 0 Å². The molecule has 3 nitrogen and oxygen atoms in total. The molecule has 0 heterocycles. The van der Waals surface area contributed by atoms with E-state index in [0.717, 1.165) is 0 Å². The fourth-order valence-electron chi connectivity index (χ4n) is 1.80. The lowest BCUT2D eigenvalue weighted by Crippen LogP contribution is -2.36. The Bertz CT molecular complexity index is 404. The second-order valence-corrected chi connectivity index (χ2v) is 4.55. The summed E-state index contributed by atoms with van der Waals surface area (Å²) >= 11 is 0. The van der Waals surface area contributed by atoms with E-state index in [1.165, 1.54) is 18.2 Å². The maximum Gasteiger partial charge on any atom is 0.251 e. The van der Waals surface area contributed by atoms with Gasteiger partial charge < -0.3 is 11.1 Å². The number of nitrogens with two attached hydrogens (primary N) is 1. The summed E-state index contributed by atoms with van der Waals surface area (Å²) in [5.41, 5.74) is 6.79. The second kappa shape index (κ2) is 5.77. The Kier molecular flexibility index (Phi) is 4.63. The molecule has 1 rings (SSSR count). The SMILES string of the molecule is Cc1cc(F)ccc1C(=O)NC(C)CC(C)N. The van der Waals surface area contributed by atoms with Crippen molar-refractivity contribution in [2.75, 3.05) is 0 Å². The molecule has 4 heteroatoms. The highest BCUT2D eigenvalue weighted by Gasteiger charge is 2.13. The lowest BCUT2D eigenvalue weighted by molar-refractivity contribution is 0.0937. The number of rotatable bonds is 4. The average Bonchev–Trinajstić information content (AvgIpc) is 2.15. The number of hydrogen-bond donors (Lipinski definition) is 2. The summed E-state index contributed by atoms with van der Waals surface area (Å²) in [5.74, 6) is -0.515. The van der Waals surface area contributed by atoms with Crippen molar-refractivity contribution in [3.05, 3.63) is 35.1 Å². The minimum Gasteiger partial charge on any atom is -0.350 e. The Morgan fingerprint density at radius 1 is 1.47 bits per heavy atom. The molecule has 0 spiro atoms. The molecule has 2 atom stereocenters. The molecular weight excluding hydrogens is 219 g/mol. The molecule has 17 heavy (non-hydrogen) atoms. The molecule has 1 aromatic carbocycles. The van der Waals surface area contributed by atoms with Gasteiger partial charge in [-0.1, -0.05) is 0 Å². The Morgan fingerprint density at radius 3 is 2.65 bits per heavy atom. The monoisotopic (exact) mass is 238 g/mol. The molecule has 94 valence electrons. The number of carbonyl (C=O) groups excluding carboxylic acids is 1. The topological polar surface area (TPSA) is 55.1 Å². The molecule has 1 aromatic rings. The van der Waals surface area contributed by atoms with E-state index in [9.17, 15) is 9.18 Å². The maximum atomic E-state index is 12.9. The van der Waals surface area contributed by atoms with Gasteiger partial charge in [0, 0.05) is 17.6 Å². The molecule has 0 fully saturated rings. The first-order valence-electron chi connectivity index (χ1n) is 5.72. The predicted octanol–water partition coefficient (Wildman–Crippen LogP) is 1.99. The van der Waals surface area contributed by atoms with E-state index in [-0.39, 0.29) is 23.8 Å². The fourth-order valence-corrected chi connectivity index (χ4v) is 1.80. The summed E-state index contributed by atoms with van der Waals surface area (Å²) in [6, 6.07) is 4.19. The van der Waals surface area contributed by atoms with Gasteiger partial charge in [0.2, 0.25) is 0 Å². The lowest BCUT2D eigenvalue weighted by Gasteiger charge is -2.16. The van der Waals surface area contributed by atoms with Crippen LogP contribution < -0.4 is 11.1 Å². The van der Waals surface area contributed by atoms with Gasteiger partial charge in [-0.15, -0.1) is 0 Å². The molecule has 0 aliphatic heterocycles. The van der Waals surface area contributed by atoms with Crippen LogP contribution >= 0.6 is 0 Å². The summed E-state index contributed by atoms with van der Waals surface area (Å²) < 4.78 is 12.9. The first kappa shape index (κ1) is 13.6. The van der Waals surface area contributed by atoms with Crippen molar-refractivity contribution in [2.45, 2.75) is 39.3 Å². The van der Waals surface area contributed by atoms with Gasteiger partial charge in [-0.2, -0.15) is 0 Å². The fraction of sp³-hybridized carbons (Fsp3) is 0.462. The maximum absolute atomic E-state index is 12.9. The molecule has 0 aliphatic carbocycles. The molecule has 0 radical (unpaired) electrons. The quantitative estimate of drug-likeness (QED) is 0.842. The van der Waals surface area contributed by atoms with Crippen LogP contribution in [0.2, 0.25) is 0 Å². The predicted molar refractivity (Wildman–Crippen MR) is 66.3 cm³/mol. The molecule has 0 bridgehead atoms. The van der Waals surface area contributed by atoms with Gasteiger partial charge in [-0.25, -0.2) is 4.39 Å². The van der Waals surface area contributed by atoms with Crippen LogP contribution in [-0.2, 0) is 0 Å². The van der Waals surface area contributed by atoms with Gasteiger partial charge in [-0.05, 0) is 51.0 Å². The van der Waals surface area contributed by atoms with Crippen molar-refractivity contribution in [1.29, 1.82) is 0 Å². The van der Waals surface area contributed by atoms with Crippen molar-refractivity contribution in [3.63, 3.8) is 0 Å². The average molecular weight is 238 g/mol. The molecule has 0 saturated carbocycles. The van der Waals surface area contributed by atoms with Gasteiger partial charge in [0.1, 0.15) is 5.82 Å². The van der Waals surface area contributed by atoms with Crippen LogP contribution in [0.3, 0.4) is 0 Å². The van der Waals surface area contributed by atoms with E-state index < -0.39 is 0 Å². The Labute approximate surface area is 101 Å². The number of carbonyl (C=O) groups is 1. The van der Waals surface area contributed by atoms with E-state index in [1.54, 1.807) is 6.92 Å². The summed E-state index contributed by atoms with van der Waals surface area (Å²) in [6.07, 6.45) is 0.714. The molecule has 1 amide bonds. The van der Waals surface area contributed by atoms with Crippen molar-refractivity contribution in [1.82, 2.24) is 5.32 Å². The minimum atomic E-state index is -0.331. The highest BCUT2D eigenvalue weighted by molar-refractivity contribution is 5.95. The van der Waals surface area contributed by atoms with E-state index in [4.69, 9.17) is 5.73 Å². The van der Waals surface area contributed by atoms with Gasteiger partial charge in [0.15, 0.2) is 0 Å². The van der Waals surface area contributed by atoms with E-state index >= 15 is 0 Å². The highest BCUT2D eigenvalue weighted by Crippen LogP contribution is 2.10. The molecule has 0 aromatic heterocycles. The van der Waals surface area contributed by atoms with Crippen LogP contribution in [0.15, 0.2) is 18.2 Å². The van der Waals surface area contributed by atoms with Crippen LogP contribution in [0, 0.1) is 12.7 Å². The number of aryl methyl sites for hydroxylation is 1. The molecule has 2 unspecified atom stereocenters. The van der Waals surface area contributed by atoms with E-state index in [0.29, 0.717) is 17.5 Å². The van der Waals surface area contributed by atoms with Crippen molar-refractivity contribution < 1.29 is 9.18 Å². The third kappa shape index (κ3) is 4.15. The molecule has 3 N–H and O–H groups in total. The van der Waals surface area contributed by atoms with Gasteiger partial charge in [0.05, 0.1) is 0 Å². The zero-order valence-corrected chi connectivity index (χ0v) is 10.5. The zero-order chi connectivity index (χ0) is 13.0. The number of halogens is 1. The Morgan fingerprint density at radius 2 is 2.12 bits per heavy atom. The smallest absolute Gasteiger partial charge is 0.251 e. The Hall–Kier alpha value is -1.42. The molecular formula is C13H19FN2O. The van der Waals surface area contributed by atoms with Crippen molar-refractivity contribution >= 4 is 5.91 Å². The number of nitrogens with one attached hydrogen (secondary N) is 1. The van der Waals surface area contributed by atoms with E-state index in [2.05, 4.69) is 5.32 Å². The normalized spacial score (nSPS) is 14.2. The summed E-state index contributed by atoms with van der Waals surface area (Å²) in [4.78, 5) is 11.9. The molecule has 0 saturated heterocycles. The number of hydrogen-bond acceptors (Lipinski definition) is 2. The lowest BCUT2D eigenvalue weighted by atomic mass is 10.1. The Balaban J connectivity index is 2.70. The number of benzene rings is 1. The van der Waals surface area contributed by atoms with Gasteiger partial charge in [0.25, 0.3) is 5.91 Å².